The standard InChI is InChI=1S/C23H21ClN2O4/c24-18-5-7-19(8-6-18)30-15-22(28)25-9-11-26(12-10-25)23(29)20-13-16-3-1-2-4-17(16)14-21(20)27/h1-8,13-14,27H,9-12,15H2. The van der Waals surface area contributed by atoms with Gasteiger partial charge in [0.05, 0.1) is 5.56 Å². The third kappa shape index (κ3) is 4.33. The summed E-state index contributed by atoms with van der Waals surface area (Å²) in [5.41, 5.74) is 0.277. The van der Waals surface area contributed by atoms with Gasteiger partial charge in [-0.25, -0.2) is 0 Å². The Hall–Kier alpha value is -3.25. The Labute approximate surface area is 179 Å². The van der Waals surface area contributed by atoms with Gasteiger partial charge in [-0.2, -0.15) is 0 Å². The van der Waals surface area contributed by atoms with Gasteiger partial charge >= 0.3 is 0 Å². The lowest BCUT2D eigenvalue weighted by atomic mass is 10.0. The first-order valence-corrected chi connectivity index (χ1v) is 10.1. The summed E-state index contributed by atoms with van der Waals surface area (Å²) in [7, 11) is 0. The third-order valence-corrected chi connectivity index (χ3v) is 5.44. The van der Waals surface area contributed by atoms with E-state index in [-0.39, 0.29) is 29.7 Å². The van der Waals surface area contributed by atoms with Crippen LogP contribution >= 0.6 is 11.6 Å². The van der Waals surface area contributed by atoms with Crippen molar-refractivity contribution in [2.45, 2.75) is 0 Å². The van der Waals surface area contributed by atoms with Gasteiger partial charge in [-0.3, -0.25) is 9.59 Å². The van der Waals surface area contributed by atoms with E-state index in [0.717, 1.165) is 10.8 Å². The highest BCUT2D eigenvalue weighted by Gasteiger charge is 2.26. The quantitative estimate of drug-likeness (QED) is 0.695. The van der Waals surface area contributed by atoms with Crippen LogP contribution in [0.25, 0.3) is 10.8 Å². The van der Waals surface area contributed by atoms with Crippen molar-refractivity contribution < 1.29 is 19.4 Å². The van der Waals surface area contributed by atoms with Gasteiger partial charge in [0.25, 0.3) is 11.8 Å². The van der Waals surface area contributed by atoms with Crippen LogP contribution in [0.3, 0.4) is 0 Å². The van der Waals surface area contributed by atoms with Gasteiger partial charge in [-0.1, -0.05) is 35.9 Å². The van der Waals surface area contributed by atoms with Crippen molar-refractivity contribution in [1.29, 1.82) is 0 Å². The second kappa shape index (κ2) is 8.63. The lowest BCUT2D eigenvalue weighted by Crippen LogP contribution is -2.51. The Kier molecular flexibility index (Phi) is 5.77. The minimum Gasteiger partial charge on any atom is -0.507 e. The van der Waals surface area contributed by atoms with E-state index < -0.39 is 0 Å². The largest absolute Gasteiger partial charge is 0.507 e. The SMILES string of the molecule is O=C(COc1ccc(Cl)cc1)N1CCN(C(=O)c2cc3ccccc3cc2O)CC1. The fourth-order valence-corrected chi connectivity index (χ4v) is 3.62. The zero-order valence-corrected chi connectivity index (χ0v) is 17.0. The average Bonchev–Trinajstić information content (AvgIpc) is 2.77. The number of nitrogens with zero attached hydrogens (tertiary/aromatic N) is 2. The summed E-state index contributed by atoms with van der Waals surface area (Å²) in [5, 5.41) is 12.7. The van der Waals surface area contributed by atoms with Crippen LogP contribution in [0.2, 0.25) is 5.02 Å². The predicted octanol–water partition coefficient (Wildman–Crippen LogP) is 3.56. The fraction of sp³-hybridized carbons (Fsp3) is 0.217. The number of rotatable bonds is 4. The highest BCUT2D eigenvalue weighted by molar-refractivity contribution is 6.30. The molecule has 0 radical (unpaired) electrons. The number of aromatic hydroxyl groups is 1. The highest BCUT2D eigenvalue weighted by atomic mass is 35.5. The Morgan fingerprint density at radius 2 is 1.50 bits per heavy atom. The molecule has 0 atom stereocenters. The van der Waals surface area contributed by atoms with Gasteiger partial charge in [0.2, 0.25) is 0 Å². The van der Waals surface area contributed by atoms with E-state index >= 15 is 0 Å². The van der Waals surface area contributed by atoms with Gasteiger partial charge in [-0.15, -0.1) is 0 Å². The number of fused-ring (bicyclic) bond motifs is 1. The van der Waals surface area contributed by atoms with Crippen molar-refractivity contribution in [1.82, 2.24) is 9.80 Å². The summed E-state index contributed by atoms with van der Waals surface area (Å²) in [5.74, 6) is 0.176. The molecule has 0 spiro atoms. The Morgan fingerprint density at radius 3 is 2.17 bits per heavy atom. The zero-order chi connectivity index (χ0) is 21.1. The molecule has 1 heterocycles. The van der Waals surface area contributed by atoms with E-state index in [1.54, 1.807) is 46.2 Å². The molecule has 1 aliphatic rings. The van der Waals surface area contributed by atoms with Crippen molar-refractivity contribution in [3.63, 3.8) is 0 Å². The number of amides is 2. The topological polar surface area (TPSA) is 70.1 Å². The normalized spacial score (nSPS) is 14.0. The van der Waals surface area contributed by atoms with Crippen LogP contribution in [-0.4, -0.2) is 59.5 Å². The summed E-state index contributed by atoms with van der Waals surface area (Å²) in [4.78, 5) is 28.7. The molecule has 0 aliphatic carbocycles. The molecule has 1 N–H and O–H groups in total. The van der Waals surface area contributed by atoms with Crippen LogP contribution in [0.5, 0.6) is 11.5 Å². The molecule has 0 aromatic heterocycles. The van der Waals surface area contributed by atoms with E-state index in [1.807, 2.05) is 24.3 Å². The molecule has 0 saturated carbocycles. The number of halogens is 1. The van der Waals surface area contributed by atoms with Gasteiger partial charge in [0.1, 0.15) is 11.5 Å². The summed E-state index contributed by atoms with van der Waals surface area (Å²) in [6.45, 7) is 1.57. The molecule has 4 rings (SSSR count). The van der Waals surface area contributed by atoms with Gasteiger partial charge in [0, 0.05) is 31.2 Å². The number of carbonyl (C=O) groups excluding carboxylic acids is 2. The molecular weight excluding hydrogens is 404 g/mol. The molecular formula is C23H21ClN2O4. The lowest BCUT2D eigenvalue weighted by Gasteiger charge is -2.34. The minimum absolute atomic E-state index is 0.0337. The number of hydrogen-bond donors (Lipinski definition) is 1. The van der Waals surface area contributed by atoms with Crippen LogP contribution in [-0.2, 0) is 4.79 Å². The number of phenols is 1. The number of piperazine rings is 1. The number of hydrogen-bond acceptors (Lipinski definition) is 4. The molecule has 3 aromatic carbocycles. The molecule has 6 nitrogen and oxygen atoms in total. The van der Waals surface area contributed by atoms with Crippen LogP contribution in [0, 0.1) is 0 Å². The molecule has 1 fully saturated rings. The molecule has 1 aliphatic heterocycles. The summed E-state index contributed by atoms with van der Waals surface area (Å²) in [6, 6.07) is 17.7. The van der Waals surface area contributed by atoms with Crippen LogP contribution in [0.15, 0.2) is 60.7 Å². The zero-order valence-electron chi connectivity index (χ0n) is 16.3. The van der Waals surface area contributed by atoms with Crippen molar-refractivity contribution >= 4 is 34.2 Å². The predicted molar refractivity (Wildman–Crippen MR) is 115 cm³/mol. The summed E-state index contributed by atoms with van der Waals surface area (Å²) >= 11 is 5.84. The van der Waals surface area contributed by atoms with Gasteiger partial charge in [-0.05, 0) is 47.2 Å². The average molecular weight is 425 g/mol. The van der Waals surface area contributed by atoms with Crippen molar-refractivity contribution in [2.24, 2.45) is 0 Å². The van der Waals surface area contributed by atoms with Crippen LogP contribution < -0.4 is 4.74 Å². The Bertz CT molecular complexity index is 1080. The van der Waals surface area contributed by atoms with Gasteiger partial charge < -0.3 is 19.6 Å². The number of ether oxygens (including phenoxy) is 1. The van der Waals surface area contributed by atoms with Crippen molar-refractivity contribution in [3.05, 3.63) is 71.2 Å². The number of benzene rings is 3. The maximum absolute atomic E-state index is 12.9. The first kappa shape index (κ1) is 20.0. The second-order valence-corrected chi connectivity index (χ2v) is 7.57. The molecule has 1 saturated heterocycles. The molecule has 7 heteroatoms. The van der Waals surface area contributed by atoms with E-state index in [9.17, 15) is 14.7 Å². The maximum Gasteiger partial charge on any atom is 0.260 e. The van der Waals surface area contributed by atoms with E-state index in [1.165, 1.54) is 0 Å². The summed E-state index contributed by atoms with van der Waals surface area (Å²) < 4.78 is 5.51. The molecule has 30 heavy (non-hydrogen) atoms. The molecule has 0 bridgehead atoms. The monoisotopic (exact) mass is 424 g/mol. The van der Waals surface area contributed by atoms with Crippen molar-refractivity contribution in [2.75, 3.05) is 32.8 Å². The first-order valence-electron chi connectivity index (χ1n) is 9.68. The van der Waals surface area contributed by atoms with E-state index in [0.29, 0.717) is 37.0 Å². The van der Waals surface area contributed by atoms with E-state index in [2.05, 4.69) is 0 Å². The Balaban J connectivity index is 1.34. The van der Waals surface area contributed by atoms with Gasteiger partial charge in [0.15, 0.2) is 6.61 Å². The second-order valence-electron chi connectivity index (χ2n) is 7.13. The number of carbonyl (C=O) groups is 2. The smallest absolute Gasteiger partial charge is 0.260 e. The molecule has 0 unspecified atom stereocenters. The lowest BCUT2D eigenvalue weighted by molar-refractivity contribution is -0.134. The first-order chi connectivity index (χ1) is 14.5. The highest BCUT2D eigenvalue weighted by Crippen LogP contribution is 2.26. The fourth-order valence-electron chi connectivity index (χ4n) is 3.50. The number of phenolic OH excluding ortho intramolecular Hbond substituents is 1. The third-order valence-electron chi connectivity index (χ3n) is 5.19. The van der Waals surface area contributed by atoms with Crippen LogP contribution in [0.1, 0.15) is 10.4 Å². The Morgan fingerprint density at radius 1 is 0.900 bits per heavy atom. The van der Waals surface area contributed by atoms with Crippen LogP contribution in [0.4, 0.5) is 0 Å². The maximum atomic E-state index is 12.9. The molecule has 2 amide bonds. The minimum atomic E-state index is -0.234. The molecule has 154 valence electrons. The van der Waals surface area contributed by atoms with E-state index in [4.69, 9.17) is 16.3 Å². The van der Waals surface area contributed by atoms with Crippen molar-refractivity contribution in [3.8, 4) is 11.5 Å². The summed E-state index contributed by atoms with van der Waals surface area (Å²) in [6.07, 6.45) is 0. The molecule has 3 aromatic rings.